The fourth-order valence-corrected chi connectivity index (χ4v) is 4.68. The number of nitrogens with one attached hydrogen (secondary N) is 2. The van der Waals surface area contributed by atoms with Gasteiger partial charge >= 0.3 is 5.97 Å². The quantitative estimate of drug-likeness (QED) is 0.623. The van der Waals surface area contributed by atoms with Gasteiger partial charge in [0.05, 0.1) is 17.4 Å². The molecule has 29 heavy (non-hydrogen) atoms. The molecule has 154 valence electrons. The van der Waals surface area contributed by atoms with Crippen LogP contribution in [-0.2, 0) is 9.59 Å². The van der Waals surface area contributed by atoms with E-state index in [4.69, 9.17) is 0 Å². The molecule has 2 amide bonds. The Hall–Kier alpha value is -2.67. The predicted octanol–water partition coefficient (Wildman–Crippen LogP) is 4.95. The highest BCUT2D eigenvalue weighted by molar-refractivity contribution is 7.16. The Morgan fingerprint density at radius 1 is 1.03 bits per heavy atom. The topological polar surface area (TPSA) is 95.5 Å². The first-order valence-electron chi connectivity index (χ1n) is 9.90. The van der Waals surface area contributed by atoms with Crippen LogP contribution in [0, 0.1) is 11.8 Å². The zero-order chi connectivity index (χ0) is 21.0. The van der Waals surface area contributed by atoms with Crippen LogP contribution in [0.5, 0.6) is 0 Å². The van der Waals surface area contributed by atoms with E-state index in [9.17, 15) is 19.5 Å². The van der Waals surface area contributed by atoms with Crippen molar-refractivity contribution in [3.8, 4) is 0 Å². The fraction of sp³-hybridized carbons (Fsp3) is 0.409. The molecule has 0 spiro atoms. The molecular weight excluding hydrogens is 388 g/mol. The molecule has 7 heteroatoms. The number of carboxylic acids is 1. The summed E-state index contributed by atoms with van der Waals surface area (Å²) in [6.45, 7) is 4.05. The molecule has 1 heterocycles. The maximum absolute atomic E-state index is 12.9. The van der Waals surface area contributed by atoms with Gasteiger partial charge in [-0.1, -0.05) is 44.9 Å². The van der Waals surface area contributed by atoms with Gasteiger partial charge in [-0.25, -0.2) is 0 Å². The van der Waals surface area contributed by atoms with Crippen LogP contribution in [0.15, 0.2) is 36.4 Å². The molecular formula is C22H26N2O4S. The van der Waals surface area contributed by atoms with Gasteiger partial charge in [-0.15, -0.1) is 11.3 Å². The van der Waals surface area contributed by atoms with Crippen LogP contribution in [0.3, 0.4) is 0 Å². The summed E-state index contributed by atoms with van der Waals surface area (Å²) in [5.74, 6) is -2.59. The number of benzene rings is 1. The Bertz CT molecular complexity index is 891. The molecule has 0 saturated heterocycles. The molecule has 3 rings (SSSR count). The summed E-state index contributed by atoms with van der Waals surface area (Å²) in [5, 5.41) is 15.7. The van der Waals surface area contributed by atoms with Gasteiger partial charge in [-0.05, 0) is 37.0 Å². The molecule has 6 nitrogen and oxygen atoms in total. The largest absolute Gasteiger partial charge is 0.481 e. The normalized spacial score (nSPS) is 19.0. The van der Waals surface area contributed by atoms with Gasteiger partial charge in [0.15, 0.2) is 0 Å². The summed E-state index contributed by atoms with van der Waals surface area (Å²) in [6.07, 6.45) is 2.72. The molecule has 1 aliphatic carbocycles. The molecule has 2 atom stereocenters. The molecule has 1 saturated carbocycles. The van der Waals surface area contributed by atoms with Crippen molar-refractivity contribution in [1.29, 1.82) is 0 Å². The van der Waals surface area contributed by atoms with E-state index in [0.717, 1.165) is 17.7 Å². The number of para-hydroxylation sites is 1. The summed E-state index contributed by atoms with van der Waals surface area (Å²) < 4.78 is 0. The molecule has 1 aromatic heterocycles. The van der Waals surface area contributed by atoms with Crippen LogP contribution < -0.4 is 10.6 Å². The first kappa shape index (κ1) is 21.0. The molecule has 2 aromatic rings. The van der Waals surface area contributed by atoms with Crippen LogP contribution in [0.4, 0.5) is 10.7 Å². The van der Waals surface area contributed by atoms with Crippen molar-refractivity contribution >= 4 is 39.8 Å². The van der Waals surface area contributed by atoms with E-state index in [-0.39, 0.29) is 17.7 Å². The maximum Gasteiger partial charge on any atom is 0.307 e. The van der Waals surface area contributed by atoms with Crippen LogP contribution in [0.2, 0.25) is 0 Å². The Balaban J connectivity index is 1.83. The molecule has 1 aliphatic rings. The number of aliphatic carboxylic acids is 1. The summed E-state index contributed by atoms with van der Waals surface area (Å²) in [7, 11) is 0. The summed E-state index contributed by atoms with van der Waals surface area (Å²) in [4.78, 5) is 38.3. The second-order valence-corrected chi connectivity index (χ2v) is 8.78. The van der Waals surface area contributed by atoms with Crippen molar-refractivity contribution in [1.82, 2.24) is 0 Å². The van der Waals surface area contributed by atoms with Gasteiger partial charge in [0, 0.05) is 10.6 Å². The number of carboxylic acid groups (broad SMARTS) is 1. The maximum atomic E-state index is 12.9. The Morgan fingerprint density at radius 2 is 1.69 bits per heavy atom. The number of carbonyl (C=O) groups excluding carboxylic acids is 2. The van der Waals surface area contributed by atoms with Crippen LogP contribution in [0.1, 0.15) is 60.7 Å². The van der Waals surface area contributed by atoms with Crippen LogP contribution in [-0.4, -0.2) is 22.9 Å². The van der Waals surface area contributed by atoms with Crippen LogP contribution in [0.25, 0.3) is 0 Å². The van der Waals surface area contributed by atoms with Crippen LogP contribution >= 0.6 is 11.3 Å². The van der Waals surface area contributed by atoms with Crippen molar-refractivity contribution in [2.75, 3.05) is 10.6 Å². The Morgan fingerprint density at radius 3 is 2.31 bits per heavy atom. The molecule has 1 fully saturated rings. The van der Waals surface area contributed by atoms with Crippen molar-refractivity contribution in [2.45, 2.75) is 45.4 Å². The summed E-state index contributed by atoms with van der Waals surface area (Å²) in [6, 6.07) is 10.9. The van der Waals surface area contributed by atoms with E-state index in [0.29, 0.717) is 29.1 Å². The highest BCUT2D eigenvalue weighted by atomic mass is 32.1. The van der Waals surface area contributed by atoms with Gasteiger partial charge < -0.3 is 15.7 Å². The van der Waals surface area contributed by atoms with Crippen molar-refractivity contribution in [3.05, 3.63) is 46.8 Å². The zero-order valence-corrected chi connectivity index (χ0v) is 17.4. The minimum absolute atomic E-state index is 0.204. The average Bonchev–Trinajstić information content (AvgIpc) is 3.13. The molecule has 3 N–H and O–H groups in total. The Kier molecular flexibility index (Phi) is 6.69. The minimum Gasteiger partial charge on any atom is -0.481 e. The lowest BCUT2D eigenvalue weighted by atomic mass is 9.79. The second kappa shape index (κ2) is 9.22. The number of hydrogen-bond acceptors (Lipinski definition) is 4. The van der Waals surface area contributed by atoms with Gasteiger partial charge in [0.1, 0.15) is 5.00 Å². The first-order valence-corrected chi connectivity index (χ1v) is 10.7. The second-order valence-electron chi connectivity index (χ2n) is 7.69. The third kappa shape index (κ3) is 5.03. The number of anilines is 2. The standard InChI is InChI=1S/C22H26N2O4S/c1-13(2)18-12-17(20(26)23-14-8-4-3-5-9-14)21(29-18)24-19(25)15-10-6-7-11-16(15)22(27)28/h3-5,8-9,12-13,15-16H,6-7,10-11H2,1-2H3,(H,23,26)(H,24,25)(H,27,28)/t15-,16-/m0/s1. The van der Waals surface area contributed by atoms with Gasteiger partial charge in [0.2, 0.25) is 5.91 Å². The molecule has 1 aromatic carbocycles. The van der Waals surface area contributed by atoms with Gasteiger partial charge in [0.25, 0.3) is 5.91 Å². The highest BCUT2D eigenvalue weighted by Gasteiger charge is 2.36. The summed E-state index contributed by atoms with van der Waals surface area (Å²) >= 11 is 1.37. The van der Waals surface area contributed by atoms with E-state index in [1.807, 2.05) is 32.0 Å². The first-order chi connectivity index (χ1) is 13.9. The third-order valence-corrected chi connectivity index (χ3v) is 6.60. The Labute approximate surface area is 174 Å². The van der Waals surface area contributed by atoms with E-state index >= 15 is 0 Å². The minimum atomic E-state index is -0.930. The SMILES string of the molecule is CC(C)c1cc(C(=O)Nc2ccccc2)c(NC(=O)[C@H]2CCCC[C@@H]2C(=O)O)s1. The number of hydrogen-bond donors (Lipinski definition) is 3. The summed E-state index contributed by atoms with van der Waals surface area (Å²) in [5.41, 5.74) is 1.07. The smallest absolute Gasteiger partial charge is 0.307 e. The fourth-order valence-electron chi connectivity index (χ4n) is 3.62. The van der Waals surface area contributed by atoms with Crippen molar-refractivity contribution in [2.24, 2.45) is 11.8 Å². The number of carbonyl (C=O) groups is 3. The van der Waals surface area contributed by atoms with E-state index in [2.05, 4.69) is 10.6 Å². The lowest BCUT2D eigenvalue weighted by Crippen LogP contribution is -2.36. The average molecular weight is 415 g/mol. The third-order valence-electron chi connectivity index (χ3n) is 5.25. The van der Waals surface area contributed by atoms with Crippen molar-refractivity contribution < 1.29 is 19.5 Å². The predicted molar refractivity (Wildman–Crippen MR) is 115 cm³/mol. The zero-order valence-electron chi connectivity index (χ0n) is 16.6. The van der Waals surface area contributed by atoms with Gasteiger partial charge in [-0.3, -0.25) is 14.4 Å². The van der Waals surface area contributed by atoms with E-state index in [1.54, 1.807) is 18.2 Å². The van der Waals surface area contributed by atoms with Gasteiger partial charge in [-0.2, -0.15) is 0 Å². The molecule has 0 aliphatic heterocycles. The number of thiophene rings is 1. The number of rotatable bonds is 6. The van der Waals surface area contributed by atoms with Crippen molar-refractivity contribution in [3.63, 3.8) is 0 Å². The number of amides is 2. The molecule has 0 unspecified atom stereocenters. The van der Waals surface area contributed by atoms with E-state index < -0.39 is 17.8 Å². The molecule has 0 bridgehead atoms. The lowest BCUT2D eigenvalue weighted by Gasteiger charge is -2.27. The molecule has 0 radical (unpaired) electrons. The highest BCUT2D eigenvalue weighted by Crippen LogP contribution is 2.36. The lowest BCUT2D eigenvalue weighted by molar-refractivity contribution is -0.147. The monoisotopic (exact) mass is 414 g/mol. The van der Waals surface area contributed by atoms with E-state index in [1.165, 1.54) is 11.3 Å².